The Balaban J connectivity index is 1.68. The highest BCUT2D eigenvalue weighted by molar-refractivity contribution is 6.10. The Morgan fingerprint density at radius 3 is 2.42 bits per heavy atom. The van der Waals surface area contributed by atoms with Crippen molar-refractivity contribution < 1.29 is 23.5 Å². The van der Waals surface area contributed by atoms with Crippen LogP contribution < -0.4 is 0 Å². The number of rotatable bonds is 6. The Kier molecular flexibility index (Phi) is 5.83. The molecule has 1 aliphatic carbocycles. The zero-order valence-electron chi connectivity index (χ0n) is 21.9. The Labute approximate surface area is 220 Å². The largest absolute Gasteiger partial charge is 0.465 e. The molecule has 6 rings (SSSR count). The van der Waals surface area contributed by atoms with Gasteiger partial charge in [0.25, 0.3) is 0 Å². The molecule has 0 aliphatic heterocycles. The van der Waals surface area contributed by atoms with Gasteiger partial charge >= 0.3 is 11.9 Å². The van der Waals surface area contributed by atoms with E-state index >= 15 is 0 Å². The molecule has 1 aliphatic rings. The van der Waals surface area contributed by atoms with Crippen LogP contribution in [0.2, 0.25) is 0 Å². The van der Waals surface area contributed by atoms with E-state index < -0.39 is 23.8 Å². The van der Waals surface area contributed by atoms with Gasteiger partial charge in [-0.15, -0.1) is 0 Å². The molecule has 38 heavy (non-hydrogen) atoms. The molecule has 0 amide bonds. The van der Waals surface area contributed by atoms with Gasteiger partial charge in [0.15, 0.2) is 5.92 Å². The van der Waals surface area contributed by atoms with Crippen LogP contribution >= 0.6 is 0 Å². The molecule has 5 aromatic rings. The van der Waals surface area contributed by atoms with Gasteiger partial charge in [-0.05, 0) is 62.6 Å². The molecule has 2 heterocycles. The molecule has 192 valence electrons. The first-order valence-electron chi connectivity index (χ1n) is 13.0. The van der Waals surface area contributed by atoms with E-state index in [0.29, 0.717) is 11.3 Å². The normalized spacial score (nSPS) is 14.2. The number of fused-ring (bicyclic) bond motifs is 6. The number of H-pyrrole nitrogens is 1. The van der Waals surface area contributed by atoms with E-state index in [9.17, 15) is 9.59 Å². The van der Waals surface area contributed by atoms with Crippen molar-refractivity contribution in [1.29, 1.82) is 0 Å². The van der Waals surface area contributed by atoms with E-state index in [4.69, 9.17) is 13.9 Å². The van der Waals surface area contributed by atoms with Gasteiger partial charge in [0, 0.05) is 45.1 Å². The smallest absolute Gasteiger partial charge is 0.321 e. The van der Waals surface area contributed by atoms with Gasteiger partial charge in [0.1, 0.15) is 11.3 Å². The van der Waals surface area contributed by atoms with E-state index in [1.165, 1.54) is 0 Å². The Hall–Kier alpha value is -4.32. The molecule has 6 nitrogen and oxygen atoms in total. The number of carbonyl (C=O) groups excluding carboxylic acids is 2. The fourth-order valence-corrected chi connectivity index (χ4v) is 5.91. The second kappa shape index (κ2) is 9.21. The second-order valence-corrected chi connectivity index (χ2v) is 9.77. The maximum Gasteiger partial charge on any atom is 0.321 e. The lowest BCUT2D eigenvalue weighted by Crippen LogP contribution is -2.33. The van der Waals surface area contributed by atoms with Crippen LogP contribution in [-0.2, 0) is 19.1 Å². The van der Waals surface area contributed by atoms with Gasteiger partial charge in [-0.1, -0.05) is 42.0 Å². The first-order valence-corrected chi connectivity index (χ1v) is 13.0. The minimum Gasteiger partial charge on any atom is -0.465 e. The number of aromatic nitrogens is 1. The summed E-state index contributed by atoms with van der Waals surface area (Å²) < 4.78 is 17.4. The van der Waals surface area contributed by atoms with Gasteiger partial charge in [0.2, 0.25) is 0 Å². The molecule has 2 aromatic heterocycles. The number of ether oxygens (including phenoxy) is 2. The van der Waals surface area contributed by atoms with Crippen LogP contribution in [0.5, 0.6) is 0 Å². The number of hydrogen-bond acceptors (Lipinski definition) is 5. The quantitative estimate of drug-likeness (QED) is 0.197. The maximum absolute atomic E-state index is 13.4. The first kappa shape index (κ1) is 24.0. The van der Waals surface area contributed by atoms with Crippen molar-refractivity contribution in [2.24, 2.45) is 5.92 Å². The van der Waals surface area contributed by atoms with Crippen molar-refractivity contribution in [3.8, 4) is 22.5 Å². The number of esters is 2. The molecule has 0 bridgehead atoms. The summed E-state index contributed by atoms with van der Waals surface area (Å²) in [7, 11) is 0. The highest BCUT2D eigenvalue weighted by Crippen LogP contribution is 2.55. The van der Waals surface area contributed by atoms with Crippen molar-refractivity contribution in [3.05, 3.63) is 83.0 Å². The zero-order chi connectivity index (χ0) is 26.6. The third-order valence-corrected chi connectivity index (χ3v) is 7.47. The molecule has 1 N–H and O–H groups in total. The van der Waals surface area contributed by atoms with Crippen molar-refractivity contribution in [2.75, 3.05) is 13.2 Å². The number of nitrogens with one attached hydrogen (secondary N) is 1. The fraction of sp³-hybridized carbons (Fsp3) is 0.250. The van der Waals surface area contributed by atoms with E-state index in [1.807, 2.05) is 36.5 Å². The lowest BCUT2D eigenvalue weighted by atomic mass is 9.81. The number of aromatic amines is 1. The molecule has 0 radical (unpaired) electrons. The molecular formula is C32H29NO5. The third kappa shape index (κ3) is 3.55. The van der Waals surface area contributed by atoms with Crippen LogP contribution in [0.3, 0.4) is 0 Å². The van der Waals surface area contributed by atoms with E-state index in [-0.39, 0.29) is 13.2 Å². The number of furan rings is 1. The van der Waals surface area contributed by atoms with Crippen LogP contribution in [0.4, 0.5) is 0 Å². The molecular weight excluding hydrogens is 478 g/mol. The second-order valence-electron chi connectivity index (χ2n) is 9.77. The van der Waals surface area contributed by atoms with Gasteiger partial charge in [-0.3, -0.25) is 9.59 Å². The molecule has 6 heteroatoms. The van der Waals surface area contributed by atoms with Crippen LogP contribution in [-0.4, -0.2) is 30.1 Å². The first-order chi connectivity index (χ1) is 18.4. The average Bonchev–Trinajstić information content (AvgIpc) is 3.57. The van der Waals surface area contributed by atoms with E-state index in [1.54, 1.807) is 13.8 Å². The molecule has 1 atom stereocenters. The third-order valence-electron chi connectivity index (χ3n) is 7.47. The Morgan fingerprint density at radius 2 is 1.68 bits per heavy atom. The van der Waals surface area contributed by atoms with Crippen molar-refractivity contribution in [3.63, 3.8) is 0 Å². The summed E-state index contributed by atoms with van der Waals surface area (Å²) in [4.78, 5) is 30.1. The van der Waals surface area contributed by atoms with Crippen molar-refractivity contribution in [2.45, 2.75) is 33.6 Å². The summed E-state index contributed by atoms with van der Waals surface area (Å²) in [6.45, 7) is 7.97. The number of hydrogen-bond donors (Lipinski definition) is 1. The summed E-state index contributed by atoms with van der Waals surface area (Å²) in [5.41, 5.74) is 8.62. The van der Waals surface area contributed by atoms with Crippen molar-refractivity contribution in [1.82, 2.24) is 4.98 Å². The van der Waals surface area contributed by atoms with Gasteiger partial charge in [-0.2, -0.15) is 0 Å². The van der Waals surface area contributed by atoms with Crippen LogP contribution in [0.15, 0.2) is 65.2 Å². The summed E-state index contributed by atoms with van der Waals surface area (Å²) >= 11 is 0. The summed E-state index contributed by atoms with van der Waals surface area (Å²) in [6.07, 6.45) is 2.02. The highest BCUT2D eigenvalue weighted by Gasteiger charge is 2.47. The molecule has 3 aromatic carbocycles. The highest BCUT2D eigenvalue weighted by atomic mass is 16.6. The Morgan fingerprint density at radius 1 is 0.947 bits per heavy atom. The number of carbonyl (C=O) groups is 2. The fourth-order valence-electron chi connectivity index (χ4n) is 5.91. The summed E-state index contributed by atoms with van der Waals surface area (Å²) in [6, 6.07) is 18.2. The van der Waals surface area contributed by atoms with Gasteiger partial charge < -0.3 is 18.9 Å². The molecule has 1 unspecified atom stereocenters. The summed E-state index contributed by atoms with van der Waals surface area (Å²) in [5.74, 6) is -2.26. The minimum absolute atomic E-state index is 0.168. The Bertz CT molecular complexity index is 1710. The average molecular weight is 508 g/mol. The van der Waals surface area contributed by atoms with Crippen LogP contribution in [0.1, 0.15) is 42.0 Å². The van der Waals surface area contributed by atoms with E-state index in [2.05, 4.69) is 43.1 Å². The molecule has 0 saturated heterocycles. The maximum atomic E-state index is 13.4. The minimum atomic E-state index is -1.16. The van der Waals surface area contributed by atoms with Crippen molar-refractivity contribution >= 4 is 33.8 Å². The molecule has 0 spiro atoms. The standard InChI is InChI=1S/C32H29NO5/c1-5-36-31(34)29(32(35)37-6-2)26-19-9-7-8-10-20(19)30-28(26)27-24(38-30)14-12-18(4)25(27)22-16-33-23-13-11-17(3)15-21(22)23/h7-16,26,29,33H,5-6H2,1-4H3. The lowest BCUT2D eigenvalue weighted by molar-refractivity contribution is -0.162. The van der Waals surface area contributed by atoms with Crippen LogP contribution in [0.25, 0.3) is 44.3 Å². The topological polar surface area (TPSA) is 81.5 Å². The lowest BCUT2D eigenvalue weighted by Gasteiger charge is -2.23. The van der Waals surface area contributed by atoms with Gasteiger partial charge in [0.05, 0.1) is 13.2 Å². The predicted octanol–water partition coefficient (Wildman–Crippen LogP) is 7.05. The molecule has 0 saturated carbocycles. The van der Waals surface area contributed by atoms with E-state index in [0.717, 1.165) is 55.2 Å². The SMILES string of the molecule is CCOC(=O)C(C(=O)OCC)C1c2ccccc2-c2oc3ccc(C)c(-c4c[nH]c5ccc(C)cc45)c3c21. The predicted molar refractivity (Wildman–Crippen MR) is 147 cm³/mol. The van der Waals surface area contributed by atoms with Gasteiger partial charge in [-0.25, -0.2) is 0 Å². The van der Waals surface area contributed by atoms with Crippen LogP contribution in [0, 0.1) is 19.8 Å². The zero-order valence-corrected chi connectivity index (χ0v) is 21.9. The number of aryl methyl sites for hydroxylation is 2. The molecule has 0 fully saturated rings. The number of benzene rings is 3. The summed E-state index contributed by atoms with van der Waals surface area (Å²) in [5, 5.41) is 2.01. The monoisotopic (exact) mass is 507 g/mol.